The van der Waals surface area contributed by atoms with Crippen LogP contribution in [0.1, 0.15) is 76.2 Å². The van der Waals surface area contributed by atoms with Gasteiger partial charge in [-0.25, -0.2) is 0 Å². The summed E-state index contributed by atoms with van der Waals surface area (Å²) >= 11 is 0. The molecule has 0 aliphatic heterocycles. The van der Waals surface area contributed by atoms with E-state index >= 15 is 0 Å². The van der Waals surface area contributed by atoms with Crippen molar-refractivity contribution in [2.45, 2.75) is 87.2 Å². The van der Waals surface area contributed by atoms with Crippen LogP contribution in [0.3, 0.4) is 0 Å². The minimum atomic E-state index is -3.67. The van der Waals surface area contributed by atoms with Gasteiger partial charge in [-0.3, -0.25) is 9.45 Å². The molecule has 4 rings (SSSR count). The van der Waals surface area contributed by atoms with E-state index < -0.39 is 10.1 Å². The summed E-state index contributed by atoms with van der Waals surface area (Å²) in [5.74, 6) is 0. The minimum Gasteiger partial charge on any atom is -0.296 e. The first-order valence-corrected chi connectivity index (χ1v) is 15.9. The minimum absolute atomic E-state index is 0.0954. The molecule has 2 fully saturated rings. The summed E-state index contributed by atoms with van der Waals surface area (Å²) < 4.78 is 25.9. The Labute approximate surface area is 203 Å². The van der Waals surface area contributed by atoms with Crippen LogP contribution >= 0.6 is 7.92 Å². The molecule has 1 atom stereocenters. The van der Waals surface area contributed by atoms with Crippen molar-refractivity contribution in [3.05, 3.63) is 54.1 Å². The molecule has 4 nitrogen and oxygen atoms in total. The predicted octanol–water partition coefficient (Wildman–Crippen LogP) is 6.94. The third-order valence-corrected chi connectivity index (χ3v) is 11.7. The van der Waals surface area contributed by atoms with E-state index in [0.717, 1.165) is 11.3 Å². The molecule has 3 aliphatic rings. The molecular formula is C27H42NO3PS. The van der Waals surface area contributed by atoms with E-state index in [1.165, 1.54) is 76.2 Å². The van der Waals surface area contributed by atoms with Crippen molar-refractivity contribution < 1.29 is 13.0 Å². The quantitative estimate of drug-likeness (QED) is 0.358. The molecule has 1 N–H and O–H groups in total. The zero-order valence-corrected chi connectivity index (χ0v) is 22.3. The Morgan fingerprint density at radius 3 is 1.85 bits per heavy atom. The lowest BCUT2D eigenvalue weighted by atomic mass is 9.90. The van der Waals surface area contributed by atoms with Gasteiger partial charge in [-0.2, -0.15) is 8.42 Å². The van der Waals surface area contributed by atoms with E-state index in [0.29, 0.717) is 6.26 Å². The van der Waals surface area contributed by atoms with Gasteiger partial charge < -0.3 is 0 Å². The summed E-state index contributed by atoms with van der Waals surface area (Å²) in [4.78, 5) is 2.64. The number of likely N-dealkylation sites (N-methyl/N-ethyl adjacent to an activating group) is 1. The van der Waals surface area contributed by atoms with Crippen LogP contribution in [-0.2, 0) is 10.1 Å². The fraction of sp³-hybridized carbons (Fsp3) is 0.630. The number of allylic oxidation sites excluding steroid dienone is 2. The lowest BCUT2D eigenvalue weighted by molar-refractivity contribution is 0.303. The monoisotopic (exact) mass is 491 g/mol. The maximum atomic E-state index is 9.19. The van der Waals surface area contributed by atoms with E-state index in [1.807, 2.05) is 0 Å². The lowest BCUT2D eigenvalue weighted by Gasteiger charge is -2.55. The smallest absolute Gasteiger partial charge is 0.261 e. The van der Waals surface area contributed by atoms with Gasteiger partial charge in [0.1, 0.15) is 0 Å². The van der Waals surface area contributed by atoms with Crippen molar-refractivity contribution in [1.29, 1.82) is 0 Å². The molecule has 0 bridgehead atoms. The molecule has 0 saturated heterocycles. The van der Waals surface area contributed by atoms with Crippen LogP contribution < -0.4 is 0 Å². The second kappa shape index (κ2) is 12.1. The van der Waals surface area contributed by atoms with Gasteiger partial charge in [0, 0.05) is 0 Å². The molecule has 0 aromatic heterocycles. The van der Waals surface area contributed by atoms with Crippen molar-refractivity contribution >= 4 is 23.6 Å². The molecular weight excluding hydrogens is 449 g/mol. The molecule has 1 aromatic rings. The molecule has 0 heterocycles. The molecule has 6 heteroatoms. The Morgan fingerprint density at radius 2 is 1.39 bits per heavy atom. The molecule has 0 spiro atoms. The van der Waals surface area contributed by atoms with Gasteiger partial charge in [0.2, 0.25) is 0 Å². The van der Waals surface area contributed by atoms with Crippen molar-refractivity contribution in [2.75, 3.05) is 20.4 Å². The van der Waals surface area contributed by atoms with Gasteiger partial charge in [0.15, 0.2) is 0 Å². The van der Waals surface area contributed by atoms with Crippen molar-refractivity contribution in [1.82, 2.24) is 4.90 Å². The molecule has 0 radical (unpaired) electrons. The maximum Gasteiger partial charge on any atom is 0.261 e. The highest BCUT2D eigenvalue weighted by Crippen LogP contribution is 2.69. The van der Waals surface area contributed by atoms with Crippen molar-refractivity contribution in [3.8, 4) is 0 Å². The van der Waals surface area contributed by atoms with Gasteiger partial charge in [-0.05, 0) is 68.7 Å². The van der Waals surface area contributed by atoms with E-state index in [9.17, 15) is 8.42 Å². The Balaban J connectivity index is 0.000000555. The second-order valence-corrected chi connectivity index (χ2v) is 14.5. The van der Waals surface area contributed by atoms with Crippen LogP contribution in [0.4, 0.5) is 0 Å². The number of hydrogen-bond donors (Lipinski definition) is 1. The van der Waals surface area contributed by atoms with Crippen LogP contribution in [0.2, 0.25) is 0 Å². The summed E-state index contributed by atoms with van der Waals surface area (Å²) in [5.41, 5.74) is 4.95. The second-order valence-electron chi connectivity index (χ2n) is 10.0. The number of hydrogen-bond acceptors (Lipinski definition) is 3. The van der Waals surface area contributed by atoms with Gasteiger partial charge in [0.25, 0.3) is 10.1 Å². The maximum absolute atomic E-state index is 9.19. The fourth-order valence-corrected chi connectivity index (χ4v) is 11.0. The highest BCUT2D eigenvalue weighted by Gasteiger charge is 2.50. The van der Waals surface area contributed by atoms with E-state index in [4.69, 9.17) is 4.55 Å². The first kappa shape index (κ1) is 26.6. The van der Waals surface area contributed by atoms with Gasteiger partial charge in [0.05, 0.1) is 11.5 Å². The number of rotatable bonds is 5. The first-order valence-electron chi connectivity index (χ1n) is 12.5. The summed E-state index contributed by atoms with van der Waals surface area (Å²) in [7, 11) is 0.982. The normalized spacial score (nSPS) is 25.0. The molecule has 1 aromatic carbocycles. The molecule has 184 valence electrons. The topological polar surface area (TPSA) is 57.6 Å². The average Bonchev–Trinajstić information content (AvgIpc) is 2.80. The Morgan fingerprint density at radius 1 is 0.909 bits per heavy atom. The summed E-state index contributed by atoms with van der Waals surface area (Å²) in [6.45, 7) is 0. The van der Waals surface area contributed by atoms with Crippen LogP contribution in [0, 0.1) is 0 Å². The molecule has 3 aliphatic carbocycles. The van der Waals surface area contributed by atoms with Crippen LogP contribution in [0.5, 0.6) is 0 Å². The van der Waals surface area contributed by atoms with Crippen molar-refractivity contribution in [3.63, 3.8) is 0 Å². The first-order chi connectivity index (χ1) is 15.7. The Hall–Kier alpha value is -1.00. The standard InChI is InChI=1S/C26H38NP.CH4O3S/c1-27(2)26(21-13-12-20-25(26)22-14-6-3-7-15-22)28(23-16-8-4-9-17-23)24-18-10-5-11-19-24;1-5(2,3)4/h3,6-7,12-15,20,23-24H,4-5,8-11,16-19,21H2,1-2H3;1H3,(H,2,3,4). The van der Waals surface area contributed by atoms with E-state index in [-0.39, 0.29) is 13.2 Å². The number of nitrogens with zero attached hydrogens (tertiary/aromatic N) is 1. The molecule has 1 unspecified atom stereocenters. The van der Waals surface area contributed by atoms with E-state index in [2.05, 4.69) is 67.6 Å². The predicted molar refractivity (Wildman–Crippen MR) is 143 cm³/mol. The lowest BCUT2D eigenvalue weighted by Crippen LogP contribution is -2.48. The summed E-state index contributed by atoms with van der Waals surface area (Å²) in [6.07, 6.45) is 23.8. The SMILES string of the molecule is CN(C)C1(P(C2CCCCC2)C2CCCCC2)CC=CC=C1c1ccccc1.CS(=O)(=O)O. The summed E-state index contributed by atoms with van der Waals surface area (Å²) in [5, 5.41) is 0.204. The van der Waals surface area contributed by atoms with E-state index in [1.54, 1.807) is 5.57 Å². The van der Waals surface area contributed by atoms with Crippen LogP contribution in [0.15, 0.2) is 48.6 Å². The largest absolute Gasteiger partial charge is 0.296 e. The van der Waals surface area contributed by atoms with Gasteiger partial charge in [-0.15, -0.1) is 0 Å². The molecule has 2 saturated carbocycles. The highest BCUT2D eigenvalue weighted by molar-refractivity contribution is 7.85. The van der Waals surface area contributed by atoms with Crippen molar-refractivity contribution in [2.24, 2.45) is 0 Å². The third kappa shape index (κ3) is 7.01. The van der Waals surface area contributed by atoms with Crippen LogP contribution in [0.25, 0.3) is 5.57 Å². The van der Waals surface area contributed by atoms with Gasteiger partial charge >= 0.3 is 0 Å². The Kier molecular flexibility index (Phi) is 9.76. The Bertz CT molecular complexity index is 875. The zero-order valence-electron chi connectivity index (χ0n) is 20.6. The molecule has 33 heavy (non-hydrogen) atoms. The highest BCUT2D eigenvalue weighted by atomic mass is 32.2. The average molecular weight is 492 g/mol. The summed E-state index contributed by atoms with van der Waals surface area (Å²) in [6, 6.07) is 11.3. The van der Waals surface area contributed by atoms with Crippen LogP contribution in [-0.4, -0.2) is 54.8 Å². The molecule has 0 amide bonds. The zero-order chi connectivity index (χ0) is 23.9. The van der Waals surface area contributed by atoms with Gasteiger partial charge in [-0.1, -0.05) is 95.0 Å². The number of benzene rings is 1. The third-order valence-electron chi connectivity index (χ3n) is 7.42. The fourth-order valence-electron chi connectivity index (χ4n) is 6.10.